The van der Waals surface area contributed by atoms with Gasteiger partial charge in [0.1, 0.15) is 11.3 Å². The first kappa shape index (κ1) is 24.5. The molecule has 2 heterocycles. The second kappa shape index (κ2) is 10.8. The smallest absolute Gasteiger partial charge is 0.280 e. The van der Waals surface area contributed by atoms with Gasteiger partial charge in [-0.1, -0.05) is 49.0 Å². The number of benzene rings is 2. The summed E-state index contributed by atoms with van der Waals surface area (Å²) in [6.45, 7) is 6.73. The summed E-state index contributed by atoms with van der Waals surface area (Å²) in [5.74, 6) is 0.717. The first-order valence-electron chi connectivity index (χ1n) is 11.6. The van der Waals surface area contributed by atoms with E-state index in [-0.39, 0.29) is 17.2 Å². The monoisotopic (exact) mass is 491 g/mol. The molecule has 35 heavy (non-hydrogen) atoms. The van der Waals surface area contributed by atoms with Crippen LogP contribution in [-0.2, 0) is 24.3 Å². The maximum absolute atomic E-state index is 13.6. The molecule has 9 heteroatoms. The van der Waals surface area contributed by atoms with E-state index in [9.17, 15) is 9.59 Å². The normalized spacial score (nSPS) is 11.1. The van der Waals surface area contributed by atoms with Crippen LogP contribution in [0.4, 0.5) is 5.69 Å². The molecule has 0 aliphatic rings. The van der Waals surface area contributed by atoms with Crippen molar-refractivity contribution in [2.75, 3.05) is 18.2 Å². The second-order valence-corrected chi connectivity index (χ2v) is 9.02. The van der Waals surface area contributed by atoms with E-state index >= 15 is 0 Å². The number of methoxy groups -OCH3 is 1. The van der Waals surface area contributed by atoms with Crippen LogP contribution in [0.15, 0.2) is 58.5 Å². The number of nitrogens with one attached hydrogen (secondary N) is 1. The molecule has 0 aliphatic carbocycles. The molecule has 0 saturated carbocycles. The molecule has 0 aliphatic heterocycles. The molecule has 182 valence electrons. The number of carbonyl (C=O) groups is 1. The second-order valence-electron chi connectivity index (χ2n) is 8.08. The first-order chi connectivity index (χ1) is 16.9. The van der Waals surface area contributed by atoms with Crippen molar-refractivity contribution < 1.29 is 9.53 Å². The minimum Gasteiger partial charge on any atom is -0.497 e. The zero-order valence-electron chi connectivity index (χ0n) is 20.4. The number of rotatable bonds is 9. The number of carbonyl (C=O) groups excluding carboxylic acids is 1. The van der Waals surface area contributed by atoms with Gasteiger partial charge in [0.05, 0.1) is 25.1 Å². The Hall–Kier alpha value is -3.59. The molecule has 1 amide bonds. The van der Waals surface area contributed by atoms with E-state index in [4.69, 9.17) is 9.72 Å². The number of ether oxygens (including phenoxy) is 1. The maximum Gasteiger partial charge on any atom is 0.280 e. The van der Waals surface area contributed by atoms with Crippen LogP contribution in [-0.4, -0.2) is 38.1 Å². The third-order valence-electron chi connectivity index (χ3n) is 5.79. The molecule has 1 N–H and O–H groups in total. The van der Waals surface area contributed by atoms with Crippen LogP contribution < -0.4 is 15.6 Å². The Kier molecular flexibility index (Phi) is 7.55. The van der Waals surface area contributed by atoms with Crippen LogP contribution >= 0.6 is 11.8 Å². The summed E-state index contributed by atoms with van der Waals surface area (Å²) in [6.07, 6.45) is 0.823. The average molecular weight is 492 g/mol. The van der Waals surface area contributed by atoms with Gasteiger partial charge in [0.25, 0.3) is 5.56 Å². The van der Waals surface area contributed by atoms with Crippen molar-refractivity contribution in [3.8, 4) is 5.75 Å². The van der Waals surface area contributed by atoms with Crippen LogP contribution in [0, 0.1) is 6.92 Å². The van der Waals surface area contributed by atoms with Crippen molar-refractivity contribution in [2.24, 2.45) is 0 Å². The Morgan fingerprint density at radius 2 is 1.86 bits per heavy atom. The highest BCUT2D eigenvalue weighted by Gasteiger charge is 2.19. The number of amides is 1. The third-order valence-corrected chi connectivity index (χ3v) is 6.76. The minimum atomic E-state index is -0.174. The number of aromatic nitrogens is 4. The van der Waals surface area contributed by atoms with Crippen LogP contribution in [0.5, 0.6) is 5.75 Å². The number of aryl methyl sites for hydroxylation is 3. The SMILES string of the molecule is CCc1ccccc1NC(=O)CSc1nc2c(C)nn(CC)c2c(=O)n1Cc1ccc(OC)cc1. The molecule has 0 fully saturated rings. The minimum absolute atomic E-state index is 0.125. The van der Waals surface area contributed by atoms with Crippen LogP contribution in [0.25, 0.3) is 11.0 Å². The van der Waals surface area contributed by atoms with Crippen molar-refractivity contribution in [2.45, 2.75) is 45.4 Å². The average Bonchev–Trinajstić information content (AvgIpc) is 3.20. The molecule has 0 unspecified atom stereocenters. The zero-order valence-corrected chi connectivity index (χ0v) is 21.2. The summed E-state index contributed by atoms with van der Waals surface area (Å²) in [5.41, 5.74) is 4.37. The van der Waals surface area contributed by atoms with Crippen molar-refractivity contribution in [3.63, 3.8) is 0 Å². The molecule has 2 aromatic carbocycles. The molecular weight excluding hydrogens is 462 g/mol. The van der Waals surface area contributed by atoms with E-state index in [1.54, 1.807) is 16.4 Å². The maximum atomic E-state index is 13.6. The molecule has 8 nitrogen and oxygen atoms in total. The quantitative estimate of drug-likeness (QED) is 0.278. The lowest BCUT2D eigenvalue weighted by Gasteiger charge is -2.14. The zero-order chi connectivity index (χ0) is 24.9. The van der Waals surface area contributed by atoms with Crippen molar-refractivity contribution in [3.05, 3.63) is 75.7 Å². The summed E-state index contributed by atoms with van der Waals surface area (Å²) < 4.78 is 8.55. The fraction of sp³-hybridized carbons (Fsp3) is 0.308. The summed E-state index contributed by atoms with van der Waals surface area (Å²) in [5, 5.41) is 7.95. The van der Waals surface area contributed by atoms with Gasteiger partial charge in [0, 0.05) is 12.2 Å². The van der Waals surface area contributed by atoms with Crippen LogP contribution in [0.3, 0.4) is 0 Å². The highest BCUT2D eigenvalue weighted by atomic mass is 32.2. The van der Waals surface area contributed by atoms with E-state index < -0.39 is 0 Å². The highest BCUT2D eigenvalue weighted by molar-refractivity contribution is 7.99. The lowest BCUT2D eigenvalue weighted by Crippen LogP contribution is -2.26. The van der Waals surface area contributed by atoms with Crippen molar-refractivity contribution >= 4 is 34.4 Å². The summed E-state index contributed by atoms with van der Waals surface area (Å²) >= 11 is 1.25. The van der Waals surface area contributed by atoms with Crippen molar-refractivity contribution in [1.29, 1.82) is 0 Å². The Labute approximate surface area is 208 Å². The number of thioether (sulfide) groups is 1. The van der Waals surface area contributed by atoms with Crippen molar-refractivity contribution in [1.82, 2.24) is 19.3 Å². The fourth-order valence-corrected chi connectivity index (χ4v) is 4.74. The van der Waals surface area contributed by atoms with Gasteiger partial charge in [-0.15, -0.1) is 0 Å². The molecule has 4 aromatic rings. The van der Waals surface area contributed by atoms with E-state index in [0.717, 1.165) is 29.0 Å². The molecule has 0 radical (unpaired) electrons. The molecule has 0 atom stereocenters. The number of hydrogen-bond acceptors (Lipinski definition) is 6. The summed E-state index contributed by atoms with van der Waals surface area (Å²) in [7, 11) is 1.62. The molecule has 0 spiro atoms. The molecule has 2 aromatic heterocycles. The number of anilines is 1. The largest absolute Gasteiger partial charge is 0.497 e. The number of fused-ring (bicyclic) bond motifs is 1. The summed E-state index contributed by atoms with van der Waals surface area (Å²) in [6, 6.07) is 15.3. The molecule has 4 rings (SSSR count). The molecular formula is C26H29N5O3S. The number of para-hydroxylation sites is 1. The Morgan fingerprint density at radius 1 is 1.11 bits per heavy atom. The molecule has 0 saturated heterocycles. The Bertz CT molecular complexity index is 1410. The van der Waals surface area contributed by atoms with E-state index in [2.05, 4.69) is 17.3 Å². The van der Waals surface area contributed by atoms with E-state index in [1.165, 1.54) is 11.8 Å². The Morgan fingerprint density at radius 3 is 2.54 bits per heavy atom. The lowest BCUT2D eigenvalue weighted by molar-refractivity contribution is -0.113. The predicted octanol–water partition coefficient (Wildman–Crippen LogP) is 4.27. The van der Waals surface area contributed by atoms with Crippen LogP contribution in [0.2, 0.25) is 0 Å². The van der Waals surface area contributed by atoms with E-state index in [0.29, 0.717) is 35.0 Å². The number of nitrogens with zero attached hydrogens (tertiary/aromatic N) is 4. The van der Waals surface area contributed by atoms with Gasteiger partial charge >= 0.3 is 0 Å². The van der Waals surface area contributed by atoms with Gasteiger partial charge < -0.3 is 10.1 Å². The van der Waals surface area contributed by atoms with Crippen LogP contribution in [0.1, 0.15) is 30.7 Å². The summed E-state index contributed by atoms with van der Waals surface area (Å²) in [4.78, 5) is 31.2. The first-order valence-corrected chi connectivity index (χ1v) is 12.5. The highest BCUT2D eigenvalue weighted by Crippen LogP contribution is 2.23. The van der Waals surface area contributed by atoms with Gasteiger partial charge in [-0.2, -0.15) is 5.10 Å². The molecule has 0 bridgehead atoms. The number of hydrogen-bond donors (Lipinski definition) is 1. The van der Waals surface area contributed by atoms with E-state index in [1.807, 2.05) is 62.4 Å². The van der Waals surface area contributed by atoms with Gasteiger partial charge in [-0.05, 0) is 49.6 Å². The topological polar surface area (TPSA) is 91.0 Å². The Balaban J connectivity index is 1.66. The van der Waals surface area contributed by atoms with Gasteiger partial charge in [-0.3, -0.25) is 18.8 Å². The van der Waals surface area contributed by atoms with Gasteiger partial charge in [-0.25, -0.2) is 4.98 Å². The van der Waals surface area contributed by atoms with Gasteiger partial charge in [0.2, 0.25) is 5.91 Å². The standard InChI is InChI=1S/C26H29N5O3S/c1-5-19-9-7-8-10-21(19)27-22(32)16-35-26-28-23-17(3)29-31(6-2)24(23)25(33)30(26)15-18-11-13-20(34-4)14-12-18/h7-14H,5-6,15-16H2,1-4H3,(H,27,32). The van der Waals surface area contributed by atoms with Gasteiger partial charge in [0.15, 0.2) is 10.7 Å². The predicted molar refractivity (Wildman–Crippen MR) is 139 cm³/mol. The third kappa shape index (κ3) is 5.24. The fourth-order valence-electron chi connectivity index (χ4n) is 3.95. The lowest BCUT2D eigenvalue weighted by atomic mass is 10.1.